The molecule has 2 rings (SSSR count). The molecule has 3 N–H and O–H groups in total. The maximum Gasteiger partial charge on any atom is 0.120 e. The summed E-state index contributed by atoms with van der Waals surface area (Å²) >= 11 is 0. The number of allylic oxidation sites excluding steroid dienone is 1. The zero-order valence-electron chi connectivity index (χ0n) is 8.39. The van der Waals surface area contributed by atoms with E-state index in [0.29, 0.717) is 0 Å². The molecular formula is C10H14N4O. The van der Waals surface area contributed by atoms with Gasteiger partial charge in [0.05, 0.1) is 12.3 Å². The number of hydrogen-bond donors (Lipinski definition) is 2. The van der Waals surface area contributed by atoms with Crippen LogP contribution in [0, 0.1) is 0 Å². The Hall–Kier alpha value is -1.46. The average Bonchev–Trinajstić information content (AvgIpc) is 2.33. The van der Waals surface area contributed by atoms with Crippen molar-refractivity contribution in [2.45, 2.75) is 18.9 Å². The highest BCUT2D eigenvalue weighted by atomic mass is 16.5. The summed E-state index contributed by atoms with van der Waals surface area (Å²) in [5.41, 5.74) is 3.52. The molecule has 5 nitrogen and oxygen atoms in total. The Morgan fingerprint density at radius 3 is 3.07 bits per heavy atom. The van der Waals surface area contributed by atoms with E-state index in [0.717, 1.165) is 30.9 Å². The van der Waals surface area contributed by atoms with Crippen molar-refractivity contribution >= 4 is 0 Å². The van der Waals surface area contributed by atoms with Crippen molar-refractivity contribution in [3.8, 4) is 0 Å². The fourth-order valence-electron chi connectivity index (χ4n) is 1.56. The van der Waals surface area contributed by atoms with E-state index in [1.54, 1.807) is 6.20 Å². The Kier molecular flexibility index (Phi) is 3.26. The molecule has 0 saturated heterocycles. The van der Waals surface area contributed by atoms with Crippen LogP contribution in [0.5, 0.6) is 0 Å². The first-order valence-corrected chi connectivity index (χ1v) is 4.96. The van der Waals surface area contributed by atoms with Crippen LogP contribution < -0.4 is 11.3 Å². The molecule has 5 heteroatoms. The van der Waals surface area contributed by atoms with Gasteiger partial charge in [-0.3, -0.25) is 5.84 Å². The minimum atomic E-state index is -0.173. The molecule has 1 aliphatic rings. The molecule has 0 saturated carbocycles. The summed E-state index contributed by atoms with van der Waals surface area (Å²) < 4.78 is 5.54. The number of hydrogen-bond acceptors (Lipinski definition) is 5. The maximum atomic E-state index is 5.54. The van der Waals surface area contributed by atoms with Gasteiger partial charge in [-0.2, -0.15) is 0 Å². The van der Waals surface area contributed by atoms with Crippen LogP contribution in [0.2, 0.25) is 0 Å². The van der Waals surface area contributed by atoms with Crippen molar-refractivity contribution in [1.82, 2.24) is 15.4 Å². The third-order valence-corrected chi connectivity index (χ3v) is 2.31. The Labute approximate surface area is 88.3 Å². The molecule has 0 aromatic carbocycles. The summed E-state index contributed by atoms with van der Waals surface area (Å²) in [6, 6.07) is 1.65. The molecule has 0 aliphatic carbocycles. The molecule has 1 aromatic rings. The van der Waals surface area contributed by atoms with Crippen molar-refractivity contribution in [1.29, 1.82) is 0 Å². The van der Waals surface area contributed by atoms with Crippen LogP contribution in [-0.2, 0) is 4.74 Å². The van der Waals surface area contributed by atoms with Crippen LogP contribution in [0.3, 0.4) is 0 Å². The highest BCUT2D eigenvalue weighted by Crippen LogP contribution is 2.23. The van der Waals surface area contributed by atoms with Crippen molar-refractivity contribution in [3.05, 3.63) is 36.1 Å². The molecule has 2 heterocycles. The number of ether oxygens (including phenoxy) is 1. The lowest BCUT2D eigenvalue weighted by atomic mass is 10.1. The van der Waals surface area contributed by atoms with Gasteiger partial charge in [-0.1, -0.05) is 0 Å². The van der Waals surface area contributed by atoms with Crippen LogP contribution in [0.4, 0.5) is 0 Å². The fourth-order valence-corrected chi connectivity index (χ4v) is 1.56. The number of rotatable bonds is 3. The van der Waals surface area contributed by atoms with Crippen molar-refractivity contribution < 1.29 is 4.74 Å². The minimum absolute atomic E-state index is 0.173. The van der Waals surface area contributed by atoms with Crippen LogP contribution in [0.1, 0.15) is 24.6 Å². The second kappa shape index (κ2) is 4.86. The van der Waals surface area contributed by atoms with E-state index in [9.17, 15) is 0 Å². The molecule has 80 valence electrons. The topological polar surface area (TPSA) is 73.1 Å². The SMILES string of the molecule is NNC(C1=CCCCO1)c1ccncn1. The zero-order valence-corrected chi connectivity index (χ0v) is 8.39. The molecule has 0 spiro atoms. The zero-order chi connectivity index (χ0) is 10.5. The van der Waals surface area contributed by atoms with Crippen LogP contribution >= 0.6 is 0 Å². The van der Waals surface area contributed by atoms with Gasteiger partial charge in [0, 0.05) is 6.20 Å². The second-order valence-corrected chi connectivity index (χ2v) is 3.33. The molecule has 0 radical (unpaired) electrons. The van der Waals surface area contributed by atoms with Gasteiger partial charge in [-0.05, 0) is 25.0 Å². The Bertz CT molecular complexity index is 339. The molecule has 1 atom stereocenters. The lowest BCUT2D eigenvalue weighted by Gasteiger charge is -2.22. The van der Waals surface area contributed by atoms with Crippen LogP contribution in [0.15, 0.2) is 30.4 Å². The van der Waals surface area contributed by atoms with Gasteiger partial charge in [-0.15, -0.1) is 0 Å². The highest BCUT2D eigenvalue weighted by molar-refractivity contribution is 5.17. The third-order valence-electron chi connectivity index (χ3n) is 2.31. The minimum Gasteiger partial charge on any atom is -0.496 e. The predicted octanol–water partition coefficient (Wildman–Crippen LogP) is 0.675. The van der Waals surface area contributed by atoms with E-state index in [4.69, 9.17) is 10.6 Å². The molecule has 0 bridgehead atoms. The summed E-state index contributed by atoms with van der Waals surface area (Å²) in [4.78, 5) is 8.02. The van der Waals surface area contributed by atoms with Gasteiger partial charge >= 0.3 is 0 Å². The maximum absolute atomic E-state index is 5.54. The molecule has 1 aliphatic heterocycles. The standard InChI is InChI=1S/C10H14N4O/c11-14-10(8-4-5-12-7-13-8)9-3-1-2-6-15-9/h3-5,7,10,14H,1-2,6,11H2. The lowest BCUT2D eigenvalue weighted by molar-refractivity contribution is 0.167. The molecule has 0 amide bonds. The van der Waals surface area contributed by atoms with Crippen LogP contribution in [0.25, 0.3) is 0 Å². The number of nitrogens with two attached hydrogens (primary N) is 1. The molecule has 1 aromatic heterocycles. The van der Waals surface area contributed by atoms with Gasteiger partial charge in [0.25, 0.3) is 0 Å². The summed E-state index contributed by atoms with van der Waals surface area (Å²) in [7, 11) is 0. The summed E-state index contributed by atoms with van der Waals surface area (Å²) in [6.45, 7) is 0.745. The first-order chi connectivity index (χ1) is 7.42. The van der Waals surface area contributed by atoms with Crippen molar-refractivity contribution in [3.63, 3.8) is 0 Å². The van der Waals surface area contributed by atoms with Crippen molar-refractivity contribution in [2.75, 3.05) is 6.61 Å². The van der Waals surface area contributed by atoms with E-state index >= 15 is 0 Å². The van der Waals surface area contributed by atoms with Crippen LogP contribution in [-0.4, -0.2) is 16.6 Å². The summed E-state index contributed by atoms with van der Waals surface area (Å²) in [5, 5.41) is 0. The predicted molar refractivity (Wildman–Crippen MR) is 55.4 cm³/mol. The number of hydrazine groups is 1. The van der Waals surface area contributed by atoms with Crippen molar-refractivity contribution in [2.24, 2.45) is 5.84 Å². The second-order valence-electron chi connectivity index (χ2n) is 3.33. The normalized spacial score (nSPS) is 17.8. The van der Waals surface area contributed by atoms with E-state index in [2.05, 4.69) is 21.5 Å². The van der Waals surface area contributed by atoms with Gasteiger partial charge < -0.3 is 4.74 Å². The highest BCUT2D eigenvalue weighted by Gasteiger charge is 2.19. The Balaban J connectivity index is 2.20. The Morgan fingerprint density at radius 2 is 2.47 bits per heavy atom. The first-order valence-electron chi connectivity index (χ1n) is 4.96. The third kappa shape index (κ3) is 2.31. The van der Waals surface area contributed by atoms with Gasteiger partial charge in [0.15, 0.2) is 0 Å². The number of nitrogens with zero attached hydrogens (tertiary/aromatic N) is 2. The number of nitrogens with one attached hydrogen (secondary N) is 1. The van der Waals surface area contributed by atoms with Gasteiger partial charge in [-0.25, -0.2) is 15.4 Å². The summed E-state index contributed by atoms with van der Waals surface area (Å²) in [6.07, 6.45) is 7.33. The van der Waals surface area contributed by atoms with Gasteiger partial charge in [0.2, 0.25) is 0 Å². The van der Waals surface area contributed by atoms with E-state index in [1.165, 1.54) is 6.33 Å². The average molecular weight is 206 g/mol. The largest absolute Gasteiger partial charge is 0.496 e. The monoisotopic (exact) mass is 206 g/mol. The fraction of sp³-hybridized carbons (Fsp3) is 0.400. The lowest BCUT2D eigenvalue weighted by Crippen LogP contribution is -2.31. The smallest absolute Gasteiger partial charge is 0.120 e. The molecular weight excluding hydrogens is 192 g/mol. The van der Waals surface area contributed by atoms with E-state index < -0.39 is 0 Å². The molecule has 0 fully saturated rings. The first kappa shape index (κ1) is 10.1. The number of aromatic nitrogens is 2. The molecule has 1 unspecified atom stereocenters. The summed E-state index contributed by atoms with van der Waals surface area (Å²) in [5.74, 6) is 6.35. The Morgan fingerprint density at radius 1 is 1.53 bits per heavy atom. The van der Waals surface area contributed by atoms with E-state index in [1.807, 2.05) is 6.07 Å². The quantitative estimate of drug-likeness (QED) is 0.562. The molecule has 15 heavy (non-hydrogen) atoms. The van der Waals surface area contributed by atoms with Gasteiger partial charge in [0.1, 0.15) is 18.1 Å². The van der Waals surface area contributed by atoms with E-state index in [-0.39, 0.29) is 6.04 Å².